The van der Waals surface area contributed by atoms with Gasteiger partial charge in [0.05, 0.1) is 5.92 Å². The first-order valence-corrected chi connectivity index (χ1v) is 7.41. The number of aliphatic carboxylic acids is 1. The highest BCUT2D eigenvalue weighted by atomic mass is 16.4. The Morgan fingerprint density at radius 1 is 0.864 bits per heavy atom. The van der Waals surface area contributed by atoms with Gasteiger partial charge in [-0.15, -0.1) is 0 Å². The second-order valence-corrected chi connectivity index (χ2v) is 5.64. The van der Waals surface area contributed by atoms with Crippen molar-refractivity contribution in [3.05, 3.63) is 71.3 Å². The zero-order valence-corrected chi connectivity index (χ0v) is 12.7. The van der Waals surface area contributed by atoms with E-state index in [1.54, 1.807) is 6.92 Å². The van der Waals surface area contributed by atoms with Gasteiger partial charge in [0.1, 0.15) is 5.78 Å². The summed E-state index contributed by atoms with van der Waals surface area (Å²) in [6.45, 7) is 1.69. The summed E-state index contributed by atoms with van der Waals surface area (Å²) in [6.07, 6.45) is 1.36. The lowest BCUT2D eigenvalue weighted by molar-refractivity contribution is -0.141. The first kappa shape index (κ1) is 16.0. The molecule has 0 spiro atoms. The van der Waals surface area contributed by atoms with Gasteiger partial charge in [-0.3, -0.25) is 9.59 Å². The Morgan fingerprint density at radius 2 is 1.36 bits per heavy atom. The van der Waals surface area contributed by atoms with Crippen LogP contribution in [-0.2, 0) is 28.9 Å². The molecule has 2 aromatic rings. The van der Waals surface area contributed by atoms with E-state index >= 15 is 0 Å². The third-order valence-corrected chi connectivity index (χ3v) is 3.63. The van der Waals surface area contributed by atoms with E-state index < -0.39 is 11.9 Å². The van der Waals surface area contributed by atoms with E-state index in [-0.39, 0.29) is 5.78 Å². The molecule has 0 aromatic heterocycles. The maximum absolute atomic E-state index is 12.1. The molecule has 0 aliphatic rings. The number of hydrogen-bond donors (Lipinski definition) is 1. The van der Waals surface area contributed by atoms with Gasteiger partial charge >= 0.3 is 5.97 Å². The van der Waals surface area contributed by atoms with Crippen molar-refractivity contribution in [3.63, 3.8) is 0 Å². The smallest absolute Gasteiger partial charge is 0.306 e. The monoisotopic (exact) mass is 296 g/mol. The van der Waals surface area contributed by atoms with Crippen LogP contribution < -0.4 is 0 Å². The van der Waals surface area contributed by atoms with Gasteiger partial charge in [-0.2, -0.15) is 0 Å². The molecule has 0 saturated heterocycles. The number of rotatable bonds is 7. The zero-order chi connectivity index (χ0) is 15.9. The van der Waals surface area contributed by atoms with Crippen molar-refractivity contribution in [3.8, 4) is 0 Å². The minimum atomic E-state index is -0.790. The van der Waals surface area contributed by atoms with E-state index in [1.165, 1.54) is 0 Å². The molecule has 1 atom stereocenters. The predicted molar refractivity (Wildman–Crippen MR) is 85.8 cm³/mol. The van der Waals surface area contributed by atoms with Crippen molar-refractivity contribution < 1.29 is 14.7 Å². The van der Waals surface area contributed by atoms with Crippen LogP contribution in [0.2, 0.25) is 0 Å². The largest absolute Gasteiger partial charge is 0.481 e. The third-order valence-electron chi connectivity index (χ3n) is 3.63. The van der Waals surface area contributed by atoms with Crippen LogP contribution in [-0.4, -0.2) is 16.9 Å². The van der Waals surface area contributed by atoms with Gasteiger partial charge in [0.25, 0.3) is 0 Å². The highest BCUT2D eigenvalue weighted by molar-refractivity contribution is 5.83. The Labute approximate surface area is 130 Å². The van der Waals surface area contributed by atoms with Crippen molar-refractivity contribution in [1.82, 2.24) is 0 Å². The average molecular weight is 296 g/mol. The maximum Gasteiger partial charge on any atom is 0.306 e. The van der Waals surface area contributed by atoms with Crippen LogP contribution >= 0.6 is 0 Å². The summed E-state index contributed by atoms with van der Waals surface area (Å²) in [7, 11) is 0. The van der Waals surface area contributed by atoms with Crippen molar-refractivity contribution in [1.29, 1.82) is 0 Å². The van der Waals surface area contributed by atoms with E-state index in [1.807, 2.05) is 54.6 Å². The van der Waals surface area contributed by atoms with Crippen molar-refractivity contribution >= 4 is 11.8 Å². The fraction of sp³-hybridized carbons (Fsp3) is 0.263. The molecule has 114 valence electrons. The van der Waals surface area contributed by atoms with Gasteiger partial charge in [-0.1, -0.05) is 61.5 Å². The molecule has 0 saturated carbocycles. The van der Waals surface area contributed by atoms with Crippen LogP contribution in [0.5, 0.6) is 0 Å². The molecule has 0 fully saturated rings. The second-order valence-electron chi connectivity index (χ2n) is 5.64. The average Bonchev–Trinajstić information content (AvgIpc) is 2.50. The Bertz CT molecular complexity index is 629. The van der Waals surface area contributed by atoms with Crippen LogP contribution in [0.1, 0.15) is 23.6 Å². The van der Waals surface area contributed by atoms with Crippen LogP contribution in [0.25, 0.3) is 0 Å². The fourth-order valence-electron chi connectivity index (χ4n) is 2.35. The Morgan fingerprint density at radius 3 is 1.91 bits per heavy atom. The summed E-state index contributed by atoms with van der Waals surface area (Å²) < 4.78 is 0. The van der Waals surface area contributed by atoms with E-state index in [0.29, 0.717) is 19.3 Å². The first-order valence-electron chi connectivity index (χ1n) is 7.41. The second kappa shape index (κ2) is 7.55. The van der Waals surface area contributed by atoms with Crippen molar-refractivity contribution in [2.75, 3.05) is 0 Å². The van der Waals surface area contributed by atoms with Gasteiger partial charge < -0.3 is 5.11 Å². The molecule has 2 rings (SSSR count). The summed E-state index contributed by atoms with van der Waals surface area (Å²) >= 11 is 0. The number of benzene rings is 2. The topological polar surface area (TPSA) is 54.4 Å². The van der Waals surface area contributed by atoms with Gasteiger partial charge in [0.15, 0.2) is 0 Å². The molecule has 3 nitrogen and oxygen atoms in total. The number of carboxylic acid groups (broad SMARTS) is 1. The van der Waals surface area contributed by atoms with Gasteiger partial charge in [0, 0.05) is 12.8 Å². The lowest BCUT2D eigenvalue weighted by Gasteiger charge is -2.07. The number of ketones is 1. The molecule has 0 unspecified atom stereocenters. The molecule has 3 heteroatoms. The molecular formula is C19H20O3. The van der Waals surface area contributed by atoms with Crippen LogP contribution in [0, 0.1) is 5.92 Å². The maximum atomic E-state index is 12.1. The quantitative estimate of drug-likeness (QED) is 0.853. The van der Waals surface area contributed by atoms with Gasteiger partial charge in [0.2, 0.25) is 0 Å². The highest BCUT2D eigenvalue weighted by Crippen LogP contribution is 2.12. The lowest BCUT2D eigenvalue weighted by Crippen LogP contribution is -2.12. The SMILES string of the molecule is C[C@H](Cc1ccc(CC(=O)Cc2ccccc2)cc1)C(=O)O. The fourth-order valence-corrected chi connectivity index (χ4v) is 2.35. The Balaban J connectivity index is 1.91. The molecule has 2 aromatic carbocycles. The van der Waals surface area contributed by atoms with Crippen LogP contribution in [0.3, 0.4) is 0 Å². The lowest BCUT2D eigenvalue weighted by atomic mass is 9.98. The molecular weight excluding hydrogens is 276 g/mol. The number of Topliss-reactive ketones (excluding diaryl/α,β-unsaturated/α-hetero) is 1. The minimum absolute atomic E-state index is 0.179. The van der Waals surface area contributed by atoms with E-state index in [2.05, 4.69) is 0 Å². The Hall–Kier alpha value is -2.42. The van der Waals surface area contributed by atoms with Gasteiger partial charge in [-0.05, 0) is 23.1 Å². The molecule has 0 amide bonds. The molecule has 0 bridgehead atoms. The molecule has 22 heavy (non-hydrogen) atoms. The van der Waals surface area contributed by atoms with Crippen LogP contribution in [0.15, 0.2) is 54.6 Å². The summed E-state index contributed by atoms with van der Waals surface area (Å²) in [6, 6.07) is 17.3. The van der Waals surface area contributed by atoms with Crippen LogP contribution in [0.4, 0.5) is 0 Å². The predicted octanol–water partition coefficient (Wildman–Crippen LogP) is 3.30. The van der Waals surface area contributed by atoms with Crippen molar-refractivity contribution in [2.45, 2.75) is 26.2 Å². The molecule has 0 heterocycles. The number of hydrogen-bond acceptors (Lipinski definition) is 2. The van der Waals surface area contributed by atoms with E-state index in [0.717, 1.165) is 16.7 Å². The minimum Gasteiger partial charge on any atom is -0.481 e. The summed E-state index contributed by atoms with van der Waals surface area (Å²) in [4.78, 5) is 22.9. The van der Waals surface area contributed by atoms with Crippen molar-refractivity contribution in [2.24, 2.45) is 5.92 Å². The number of carbonyl (C=O) groups excluding carboxylic acids is 1. The highest BCUT2D eigenvalue weighted by Gasteiger charge is 2.11. The summed E-state index contributed by atoms with van der Waals surface area (Å²) in [5, 5.41) is 8.91. The number of carbonyl (C=O) groups is 2. The normalized spacial score (nSPS) is 11.9. The summed E-state index contributed by atoms with van der Waals surface area (Å²) in [5.74, 6) is -1.01. The molecule has 0 aliphatic carbocycles. The van der Waals surface area contributed by atoms with Gasteiger partial charge in [-0.25, -0.2) is 0 Å². The first-order chi connectivity index (χ1) is 10.5. The van der Waals surface area contributed by atoms with E-state index in [4.69, 9.17) is 5.11 Å². The Kier molecular flexibility index (Phi) is 5.48. The molecule has 0 aliphatic heterocycles. The molecule has 0 radical (unpaired) electrons. The van der Waals surface area contributed by atoms with E-state index in [9.17, 15) is 9.59 Å². The zero-order valence-electron chi connectivity index (χ0n) is 12.7. The number of carboxylic acids is 1. The molecule has 1 N–H and O–H groups in total. The summed E-state index contributed by atoms with van der Waals surface area (Å²) in [5.41, 5.74) is 2.97. The standard InChI is InChI=1S/C19H20O3/c1-14(19(21)22)11-16-7-9-17(10-8-16)13-18(20)12-15-5-3-2-4-6-15/h2-10,14H,11-13H2,1H3,(H,21,22)/t14-/m1/s1. The third kappa shape index (κ3) is 4.85.